The van der Waals surface area contributed by atoms with Crippen molar-refractivity contribution in [1.82, 2.24) is 5.32 Å². The molecular formula is C14H23NO3. The third kappa shape index (κ3) is 3.62. The van der Waals surface area contributed by atoms with Crippen LogP contribution >= 0.6 is 0 Å². The van der Waals surface area contributed by atoms with Crippen LogP contribution in [0.5, 0.6) is 11.5 Å². The SMILES string of the molecule is COCC(NC(C)c1c(O)cccc1O)C(C)C. The van der Waals surface area contributed by atoms with Crippen molar-refractivity contribution in [3.63, 3.8) is 0 Å². The molecule has 0 radical (unpaired) electrons. The van der Waals surface area contributed by atoms with Crippen molar-refractivity contribution in [2.45, 2.75) is 32.9 Å². The summed E-state index contributed by atoms with van der Waals surface area (Å²) in [5.41, 5.74) is 0.527. The summed E-state index contributed by atoms with van der Waals surface area (Å²) < 4.78 is 5.18. The Bertz CT molecular complexity index is 359. The molecule has 0 aliphatic heterocycles. The number of methoxy groups -OCH3 is 1. The number of ether oxygens (including phenoxy) is 1. The highest BCUT2D eigenvalue weighted by Gasteiger charge is 2.20. The van der Waals surface area contributed by atoms with Crippen molar-refractivity contribution >= 4 is 0 Å². The van der Waals surface area contributed by atoms with Crippen LogP contribution in [-0.2, 0) is 4.74 Å². The summed E-state index contributed by atoms with van der Waals surface area (Å²) in [4.78, 5) is 0. The van der Waals surface area contributed by atoms with Crippen molar-refractivity contribution in [2.75, 3.05) is 13.7 Å². The van der Waals surface area contributed by atoms with Gasteiger partial charge in [-0.3, -0.25) is 0 Å². The van der Waals surface area contributed by atoms with Gasteiger partial charge in [-0.05, 0) is 25.0 Å². The first-order valence-corrected chi connectivity index (χ1v) is 6.23. The normalized spacial score (nSPS) is 14.7. The van der Waals surface area contributed by atoms with Gasteiger partial charge in [-0.2, -0.15) is 0 Å². The third-order valence-electron chi connectivity index (χ3n) is 3.11. The molecule has 4 heteroatoms. The minimum atomic E-state index is -0.145. The van der Waals surface area contributed by atoms with E-state index in [0.29, 0.717) is 18.1 Å². The molecule has 0 aliphatic carbocycles. The molecule has 3 N–H and O–H groups in total. The maximum absolute atomic E-state index is 9.81. The molecular weight excluding hydrogens is 230 g/mol. The summed E-state index contributed by atoms with van der Waals surface area (Å²) in [6.07, 6.45) is 0. The summed E-state index contributed by atoms with van der Waals surface area (Å²) in [6, 6.07) is 4.80. The Kier molecular flexibility index (Phi) is 5.44. The van der Waals surface area contributed by atoms with Gasteiger partial charge < -0.3 is 20.3 Å². The monoisotopic (exact) mass is 253 g/mol. The highest BCUT2D eigenvalue weighted by Crippen LogP contribution is 2.32. The molecule has 0 aliphatic rings. The van der Waals surface area contributed by atoms with Crippen molar-refractivity contribution in [3.05, 3.63) is 23.8 Å². The van der Waals surface area contributed by atoms with Crippen LogP contribution in [-0.4, -0.2) is 30.0 Å². The second-order valence-electron chi connectivity index (χ2n) is 4.90. The molecule has 0 saturated carbocycles. The van der Waals surface area contributed by atoms with E-state index in [2.05, 4.69) is 19.2 Å². The number of nitrogens with one attached hydrogen (secondary N) is 1. The van der Waals surface area contributed by atoms with Gasteiger partial charge in [-0.1, -0.05) is 19.9 Å². The number of aromatic hydroxyl groups is 2. The molecule has 2 atom stereocenters. The van der Waals surface area contributed by atoms with Gasteiger partial charge in [0.25, 0.3) is 0 Å². The van der Waals surface area contributed by atoms with Crippen LogP contribution in [0.4, 0.5) is 0 Å². The van der Waals surface area contributed by atoms with Gasteiger partial charge >= 0.3 is 0 Å². The fourth-order valence-electron chi connectivity index (χ4n) is 2.00. The van der Waals surface area contributed by atoms with Crippen LogP contribution in [0, 0.1) is 5.92 Å². The molecule has 0 aromatic heterocycles. The standard InChI is InChI=1S/C14H23NO3/c1-9(2)11(8-18-4)15-10(3)14-12(16)6-5-7-13(14)17/h5-7,9-11,15-17H,8H2,1-4H3. The molecule has 1 rings (SSSR count). The molecule has 0 amide bonds. The Morgan fingerprint density at radius 1 is 1.17 bits per heavy atom. The van der Waals surface area contributed by atoms with E-state index in [9.17, 15) is 10.2 Å². The maximum Gasteiger partial charge on any atom is 0.124 e. The second-order valence-corrected chi connectivity index (χ2v) is 4.90. The molecule has 1 aromatic rings. The first kappa shape index (κ1) is 14.8. The van der Waals surface area contributed by atoms with E-state index in [0.717, 1.165) is 0 Å². The first-order chi connectivity index (χ1) is 8.47. The largest absolute Gasteiger partial charge is 0.507 e. The quantitative estimate of drug-likeness (QED) is 0.728. The van der Waals surface area contributed by atoms with Gasteiger partial charge in [0, 0.05) is 19.2 Å². The minimum Gasteiger partial charge on any atom is -0.507 e. The molecule has 2 unspecified atom stereocenters. The maximum atomic E-state index is 9.81. The number of benzene rings is 1. The van der Waals surface area contributed by atoms with Crippen LogP contribution < -0.4 is 5.32 Å². The smallest absolute Gasteiger partial charge is 0.124 e. The number of rotatable bonds is 6. The lowest BCUT2D eigenvalue weighted by molar-refractivity contribution is 0.141. The van der Waals surface area contributed by atoms with Gasteiger partial charge in [0.2, 0.25) is 0 Å². The number of hydrogen-bond donors (Lipinski definition) is 3. The number of phenols is 2. The summed E-state index contributed by atoms with van der Waals surface area (Å²) in [7, 11) is 1.67. The van der Waals surface area contributed by atoms with Crippen LogP contribution in [0.1, 0.15) is 32.4 Å². The zero-order chi connectivity index (χ0) is 13.7. The Labute approximate surface area is 109 Å². The zero-order valence-corrected chi connectivity index (χ0v) is 11.5. The van der Waals surface area contributed by atoms with Gasteiger partial charge in [0.05, 0.1) is 12.2 Å². The van der Waals surface area contributed by atoms with Gasteiger partial charge in [0.15, 0.2) is 0 Å². The van der Waals surface area contributed by atoms with Gasteiger partial charge in [-0.25, -0.2) is 0 Å². The summed E-state index contributed by atoms with van der Waals surface area (Å²) in [5, 5.41) is 23.0. The molecule has 1 aromatic carbocycles. The van der Waals surface area contributed by atoms with E-state index in [1.165, 1.54) is 0 Å². The second kappa shape index (κ2) is 6.61. The first-order valence-electron chi connectivity index (χ1n) is 6.23. The van der Waals surface area contributed by atoms with E-state index < -0.39 is 0 Å². The van der Waals surface area contributed by atoms with E-state index >= 15 is 0 Å². The number of hydrogen-bond acceptors (Lipinski definition) is 4. The molecule has 0 fully saturated rings. The van der Waals surface area contributed by atoms with Crippen LogP contribution in [0.2, 0.25) is 0 Å². The minimum absolute atomic E-state index is 0.106. The van der Waals surface area contributed by atoms with E-state index in [-0.39, 0.29) is 23.6 Å². The lowest BCUT2D eigenvalue weighted by Crippen LogP contribution is -2.39. The molecule has 102 valence electrons. The predicted octanol–water partition coefficient (Wildman–Crippen LogP) is 2.42. The number of phenolic OH excluding ortho intramolecular Hbond substituents is 2. The van der Waals surface area contributed by atoms with Crippen LogP contribution in [0.3, 0.4) is 0 Å². The average Bonchev–Trinajstić information content (AvgIpc) is 2.28. The van der Waals surface area contributed by atoms with E-state index in [1.807, 2.05) is 6.92 Å². The van der Waals surface area contributed by atoms with Gasteiger partial charge in [-0.15, -0.1) is 0 Å². The predicted molar refractivity (Wildman–Crippen MR) is 71.8 cm³/mol. The molecule has 0 heterocycles. The Hall–Kier alpha value is -1.26. The fourth-order valence-corrected chi connectivity index (χ4v) is 2.00. The Morgan fingerprint density at radius 3 is 2.17 bits per heavy atom. The van der Waals surface area contributed by atoms with Crippen molar-refractivity contribution in [2.24, 2.45) is 5.92 Å². The van der Waals surface area contributed by atoms with Crippen LogP contribution in [0.15, 0.2) is 18.2 Å². The highest BCUT2D eigenvalue weighted by molar-refractivity contribution is 5.44. The van der Waals surface area contributed by atoms with Gasteiger partial charge in [0.1, 0.15) is 11.5 Å². The highest BCUT2D eigenvalue weighted by atomic mass is 16.5. The lowest BCUT2D eigenvalue weighted by Gasteiger charge is -2.26. The molecule has 0 bridgehead atoms. The molecule has 0 spiro atoms. The van der Waals surface area contributed by atoms with Crippen molar-refractivity contribution in [3.8, 4) is 11.5 Å². The molecule has 4 nitrogen and oxygen atoms in total. The van der Waals surface area contributed by atoms with E-state index in [4.69, 9.17) is 4.74 Å². The summed E-state index contributed by atoms with van der Waals surface area (Å²) >= 11 is 0. The topological polar surface area (TPSA) is 61.7 Å². The molecule has 0 saturated heterocycles. The third-order valence-corrected chi connectivity index (χ3v) is 3.11. The average molecular weight is 253 g/mol. The lowest BCUT2D eigenvalue weighted by atomic mass is 10.0. The zero-order valence-electron chi connectivity index (χ0n) is 11.5. The van der Waals surface area contributed by atoms with E-state index in [1.54, 1.807) is 25.3 Å². The Balaban J connectivity index is 2.83. The fraction of sp³-hybridized carbons (Fsp3) is 0.571. The van der Waals surface area contributed by atoms with Crippen LogP contribution in [0.25, 0.3) is 0 Å². The Morgan fingerprint density at radius 2 is 1.72 bits per heavy atom. The van der Waals surface area contributed by atoms with Crippen molar-refractivity contribution in [1.29, 1.82) is 0 Å². The van der Waals surface area contributed by atoms with Crippen molar-refractivity contribution < 1.29 is 14.9 Å². The molecule has 18 heavy (non-hydrogen) atoms. The summed E-state index contributed by atoms with van der Waals surface area (Å²) in [5.74, 6) is 0.616. The summed E-state index contributed by atoms with van der Waals surface area (Å²) in [6.45, 7) is 6.72.